The highest BCUT2D eigenvalue weighted by Crippen LogP contribution is 2.24. The lowest BCUT2D eigenvalue weighted by atomic mass is 9.94. The second-order valence-electron chi connectivity index (χ2n) is 5.16. The van der Waals surface area contributed by atoms with Crippen molar-refractivity contribution in [3.8, 4) is 0 Å². The fraction of sp³-hybridized carbons (Fsp3) is 0.600. The van der Waals surface area contributed by atoms with Crippen LogP contribution in [0.4, 0.5) is 5.69 Å². The lowest BCUT2D eigenvalue weighted by Crippen LogP contribution is -2.38. The molecule has 2 rings (SSSR count). The summed E-state index contributed by atoms with van der Waals surface area (Å²) < 4.78 is 0. The summed E-state index contributed by atoms with van der Waals surface area (Å²) in [6, 6.07) is 2.20. The number of anilines is 1. The van der Waals surface area contributed by atoms with E-state index >= 15 is 0 Å². The van der Waals surface area contributed by atoms with E-state index in [4.69, 9.17) is 0 Å². The van der Waals surface area contributed by atoms with Gasteiger partial charge in [0.1, 0.15) is 0 Å². The van der Waals surface area contributed by atoms with Gasteiger partial charge in [0.05, 0.1) is 17.4 Å². The predicted octanol–water partition coefficient (Wildman–Crippen LogP) is 2.92. The van der Waals surface area contributed by atoms with E-state index in [9.17, 15) is 4.79 Å². The Bertz CT molecular complexity index is 427. The molecular weight excluding hydrogens is 238 g/mol. The van der Waals surface area contributed by atoms with E-state index in [0.29, 0.717) is 6.04 Å². The minimum Gasteiger partial charge on any atom is -0.383 e. The molecule has 1 aromatic heterocycles. The van der Waals surface area contributed by atoms with E-state index in [1.807, 2.05) is 18.9 Å². The van der Waals surface area contributed by atoms with Crippen LogP contribution in [0.25, 0.3) is 0 Å². The summed E-state index contributed by atoms with van der Waals surface area (Å²) in [5.74, 6) is 0.102. The first kappa shape index (κ1) is 13.8. The van der Waals surface area contributed by atoms with Crippen LogP contribution in [0.3, 0.4) is 0 Å². The van der Waals surface area contributed by atoms with Gasteiger partial charge >= 0.3 is 0 Å². The molecule has 0 spiro atoms. The van der Waals surface area contributed by atoms with Crippen molar-refractivity contribution in [1.82, 2.24) is 9.88 Å². The van der Waals surface area contributed by atoms with E-state index < -0.39 is 0 Å². The van der Waals surface area contributed by atoms with Crippen molar-refractivity contribution in [3.05, 3.63) is 24.0 Å². The largest absolute Gasteiger partial charge is 0.383 e. The lowest BCUT2D eigenvalue weighted by molar-refractivity contribution is 0.0697. The maximum atomic E-state index is 12.6. The van der Waals surface area contributed by atoms with Crippen LogP contribution in [0.2, 0.25) is 0 Å². The van der Waals surface area contributed by atoms with Crippen LogP contribution >= 0.6 is 0 Å². The van der Waals surface area contributed by atoms with Gasteiger partial charge in [-0.15, -0.1) is 0 Å². The van der Waals surface area contributed by atoms with Crippen molar-refractivity contribution in [2.24, 2.45) is 0 Å². The topological polar surface area (TPSA) is 45.2 Å². The van der Waals surface area contributed by atoms with Gasteiger partial charge in [-0.25, -0.2) is 0 Å². The van der Waals surface area contributed by atoms with E-state index in [1.165, 1.54) is 19.3 Å². The maximum absolute atomic E-state index is 12.6. The monoisotopic (exact) mass is 261 g/mol. The summed E-state index contributed by atoms with van der Waals surface area (Å²) in [5.41, 5.74) is 1.56. The number of pyridine rings is 1. The number of hydrogen-bond donors (Lipinski definition) is 1. The van der Waals surface area contributed by atoms with Crippen molar-refractivity contribution < 1.29 is 4.79 Å². The average Bonchev–Trinajstić information content (AvgIpc) is 2.47. The molecule has 0 aromatic carbocycles. The number of hydrogen-bond acceptors (Lipinski definition) is 3. The smallest absolute Gasteiger partial charge is 0.256 e. The first-order valence-corrected chi connectivity index (χ1v) is 7.19. The molecule has 0 atom stereocenters. The zero-order chi connectivity index (χ0) is 13.7. The zero-order valence-corrected chi connectivity index (χ0v) is 11.9. The van der Waals surface area contributed by atoms with Gasteiger partial charge in [0.15, 0.2) is 0 Å². The summed E-state index contributed by atoms with van der Waals surface area (Å²) in [7, 11) is 1.93. The molecule has 4 heteroatoms. The molecule has 1 aliphatic carbocycles. The van der Waals surface area contributed by atoms with Crippen LogP contribution in [0.1, 0.15) is 49.4 Å². The highest BCUT2D eigenvalue weighted by atomic mass is 16.2. The van der Waals surface area contributed by atoms with E-state index in [2.05, 4.69) is 10.3 Å². The minimum atomic E-state index is 0.102. The molecule has 1 saturated carbocycles. The predicted molar refractivity (Wildman–Crippen MR) is 77.4 cm³/mol. The van der Waals surface area contributed by atoms with Gasteiger partial charge in [-0.1, -0.05) is 19.3 Å². The number of nitrogens with one attached hydrogen (secondary N) is 1. The molecule has 0 saturated heterocycles. The van der Waals surface area contributed by atoms with Gasteiger partial charge < -0.3 is 10.2 Å². The molecule has 104 valence electrons. The third-order valence-electron chi connectivity index (χ3n) is 3.86. The third kappa shape index (κ3) is 3.25. The number of rotatable bonds is 4. The Morgan fingerprint density at radius 3 is 2.84 bits per heavy atom. The van der Waals surface area contributed by atoms with Gasteiger partial charge in [-0.3, -0.25) is 9.78 Å². The Hall–Kier alpha value is -1.58. The maximum Gasteiger partial charge on any atom is 0.256 e. The molecule has 1 amide bonds. The van der Waals surface area contributed by atoms with Crippen LogP contribution < -0.4 is 5.32 Å². The molecule has 0 unspecified atom stereocenters. The van der Waals surface area contributed by atoms with E-state index in [0.717, 1.165) is 30.6 Å². The lowest BCUT2D eigenvalue weighted by Gasteiger charge is -2.31. The first-order valence-electron chi connectivity index (χ1n) is 7.19. The van der Waals surface area contributed by atoms with Gasteiger partial charge in [0, 0.05) is 25.8 Å². The number of amides is 1. The molecule has 0 aliphatic heterocycles. The molecule has 0 radical (unpaired) electrons. The van der Waals surface area contributed by atoms with E-state index in [-0.39, 0.29) is 5.91 Å². The van der Waals surface area contributed by atoms with Crippen molar-refractivity contribution in [2.75, 3.05) is 18.9 Å². The third-order valence-corrected chi connectivity index (χ3v) is 3.86. The molecule has 1 N–H and O–H groups in total. The molecule has 1 aliphatic rings. The number of nitrogens with zero attached hydrogens (tertiary/aromatic N) is 2. The Labute approximate surface area is 115 Å². The van der Waals surface area contributed by atoms with Crippen LogP contribution in [0.15, 0.2) is 18.5 Å². The van der Waals surface area contributed by atoms with Crippen LogP contribution in [0, 0.1) is 0 Å². The second kappa shape index (κ2) is 6.55. The first-order chi connectivity index (χ1) is 9.24. The number of carbonyl (C=O) groups is 1. The summed E-state index contributed by atoms with van der Waals surface area (Å²) in [5, 5.41) is 3.20. The average molecular weight is 261 g/mol. The minimum absolute atomic E-state index is 0.102. The van der Waals surface area contributed by atoms with Crippen LogP contribution in [-0.4, -0.2) is 35.4 Å². The summed E-state index contributed by atoms with van der Waals surface area (Å²) in [4.78, 5) is 18.6. The number of carbonyl (C=O) groups excluding carboxylic acids is 1. The zero-order valence-electron chi connectivity index (χ0n) is 11.9. The molecule has 19 heavy (non-hydrogen) atoms. The molecule has 1 fully saturated rings. The molecule has 1 aromatic rings. The second-order valence-corrected chi connectivity index (χ2v) is 5.16. The molecule has 1 heterocycles. The Morgan fingerprint density at radius 1 is 1.42 bits per heavy atom. The van der Waals surface area contributed by atoms with Crippen LogP contribution in [0.5, 0.6) is 0 Å². The quantitative estimate of drug-likeness (QED) is 0.906. The van der Waals surface area contributed by atoms with Gasteiger partial charge in [-0.2, -0.15) is 0 Å². The van der Waals surface area contributed by atoms with Crippen molar-refractivity contribution >= 4 is 11.6 Å². The Morgan fingerprint density at radius 2 is 2.16 bits per heavy atom. The van der Waals surface area contributed by atoms with Gasteiger partial charge in [-0.05, 0) is 25.8 Å². The standard InChI is InChI=1S/C15H23N3O/c1-3-17-14-11-16-10-9-13(14)15(19)18(2)12-7-5-4-6-8-12/h9-12,17H,3-8H2,1-2H3. The summed E-state index contributed by atoms with van der Waals surface area (Å²) in [6.45, 7) is 2.81. The molecule has 0 bridgehead atoms. The fourth-order valence-electron chi connectivity index (χ4n) is 2.74. The van der Waals surface area contributed by atoms with Gasteiger partial charge in [0.25, 0.3) is 5.91 Å². The van der Waals surface area contributed by atoms with Crippen molar-refractivity contribution in [1.29, 1.82) is 0 Å². The Kier molecular flexibility index (Phi) is 4.77. The molecule has 4 nitrogen and oxygen atoms in total. The fourth-order valence-corrected chi connectivity index (χ4v) is 2.74. The summed E-state index contributed by atoms with van der Waals surface area (Å²) in [6.07, 6.45) is 9.44. The highest BCUT2D eigenvalue weighted by Gasteiger charge is 2.24. The van der Waals surface area contributed by atoms with Crippen LogP contribution in [-0.2, 0) is 0 Å². The SMILES string of the molecule is CCNc1cnccc1C(=O)N(C)C1CCCCC1. The van der Waals surface area contributed by atoms with Gasteiger partial charge in [0.2, 0.25) is 0 Å². The van der Waals surface area contributed by atoms with Crippen molar-refractivity contribution in [2.45, 2.75) is 45.1 Å². The molecular formula is C15H23N3O. The normalized spacial score (nSPS) is 16.1. The summed E-state index contributed by atoms with van der Waals surface area (Å²) >= 11 is 0. The van der Waals surface area contributed by atoms with Crippen molar-refractivity contribution in [3.63, 3.8) is 0 Å². The van der Waals surface area contributed by atoms with E-state index in [1.54, 1.807) is 18.5 Å². The highest BCUT2D eigenvalue weighted by molar-refractivity contribution is 5.99. The number of aromatic nitrogens is 1. The Balaban J connectivity index is 2.13.